The summed E-state index contributed by atoms with van der Waals surface area (Å²) >= 11 is 0. The average Bonchev–Trinajstić information content (AvgIpc) is 2.41. The second kappa shape index (κ2) is 3.13. The van der Waals surface area contributed by atoms with E-state index in [1.807, 2.05) is 0 Å². The molecule has 78 valence electrons. The first kappa shape index (κ1) is 9.79. The molecule has 0 unspecified atom stereocenters. The normalized spacial score (nSPS) is 18.4. The third kappa shape index (κ3) is 1.87. The summed E-state index contributed by atoms with van der Waals surface area (Å²) < 4.78 is 22.4. The highest BCUT2D eigenvalue weighted by Crippen LogP contribution is 2.28. The molecule has 0 bridgehead atoms. The number of hydrogen-bond donors (Lipinski definition) is 2. The van der Waals surface area contributed by atoms with E-state index in [-0.39, 0.29) is 11.4 Å². The lowest BCUT2D eigenvalue weighted by atomic mass is 10.1. The van der Waals surface area contributed by atoms with Crippen LogP contribution in [0.1, 0.15) is 5.56 Å². The predicted molar refractivity (Wildman–Crippen MR) is 57.3 cm³/mol. The smallest absolute Gasteiger partial charge is 0.195 e. The second-order valence-electron chi connectivity index (χ2n) is 3.24. The molecule has 1 aromatic carbocycles. The third-order valence-electron chi connectivity index (χ3n) is 2.06. The van der Waals surface area contributed by atoms with Crippen LogP contribution >= 0.6 is 0 Å². The molecule has 1 aliphatic heterocycles. The minimum absolute atomic E-state index is 0.128. The zero-order valence-electron chi connectivity index (χ0n) is 7.71. The molecule has 5 heteroatoms. The van der Waals surface area contributed by atoms with Gasteiger partial charge in [0.2, 0.25) is 0 Å². The molecule has 15 heavy (non-hydrogen) atoms. The van der Waals surface area contributed by atoms with Gasteiger partial charge < -0.3 is 10.8 Å². The molecule has 0 atom stereocenters. The van der Waals surface area contributed by atoms with Crippen LogP contribution in [-0.2, 0) is 9.84 Å². The lowest BCUT2D eigenvalue weighted by Crippen LogP contribution is -1.96. The number of phenolic OH excluding ortho intramolecular Hbond substituents is 1. The van der Waals surface area contributed by atoms with Gasteiger partial charge in [-0.2, -0.15) is 0 Å². The van der Waals surface area contributed by atoms with E-state index in [0.29, 0.717) is 11.1 Å². The number of rotatable bonds is 1. The molecule has 0 saturated carbocycles. The van der Waals surface area contributed by atoms with Crippen molar-refractivity contribution in [2.75, 3.05) is 0 Å². The molecule has 1 aliphatic rings. The van der Waals surface area contributed by atoms with E-state index in [1.54, 1.807) is 12.1 Å². The summed E-state index contributed by atoms with van der Waals surface area (Å²) in [5.74, 6) is 0.128. The van der Waals surface area contributed by atoms with Gasteiger partial charge in [0.1, 0.15) is 5.75 Å². The lowest BCUT2D eigenvalue weighted by molar-refractivity contribution is 0.475. The third-order valence-corrected chi connectivity index (χ3v) is 3.21. The van der Waals surface area contributed by atoms with E-state index in [9.17, 15) is 8.42 Å². The molecule has 0 aliphatic carbocycles. The Morgan fingerprint density at radius 1 is 1.07 bits per heavy atom. The molecule has 0 radical (unpaired) electrons. The quantitative estimate of drug-likeness (QED) is 0.743. The van der Waals surface area contributed by atoms with E-state index in [1.165, 1.54) is 12.1 Å². The summed E-state index contributed by atoms with van der Waals surface area (Å²) in [6.07, 6.45) is 0. The van der Waals surface area contributed by atoms with E-state index in [0.717, 1.165) is 10.8 Å². The van der Waals surface area contributed by atoms with Crippen molar-refractivity contribution in [1.29, 1.82) is 0 Å². The summed E-state index contributed by atoms with van der Waals surface area (Å²) in [6.45, 7) is 0. The first-order valence-corrected chi connectivity index (χ1v) is 5.83. The number of sulfone groups is 1. The maximum atomic E-state index is 11.2. The molecule has 1 heterocycles. The highest BCUT2D eigenvalue weighted by atomic mass is 32.2. The topological polar surface area (TPSA) is 80.4 Å². The fraction of sp³-hybridized carbons (Fsp3) is 0. The second-order valence-corrected chi connectivity index (χ2v) is 4.89. The van der Waals surface area contributed by atoms with Crippen molar-refractivity contribution in [1.82, 2.24) is 0 Å². The number of nitrogens with two attached hydrogens (primary N) is 1. The summed E-state index contributed by atoms with van der Waals surface area (Å²) in [5.41, 5.74) is 6.94. The van der Waals surface area contributed by atoms with Gasteiger partial charge in [-0.1, -0.05) is 12.1 Å². The Hall–Kier alpha value is -1.75. The standard InChI is InChI=1S/C10H9NO3S/c11-10-6-15(13,14)5-9(10)7-1-3-8(12)4-2-7/h1-6,12H,11H2. The van der Waals surface area contributed by atoms with Crippen LogP contribution in [0.3, 0.4) is 0 Å². The molecule has 4 nitrogen and oxygen atoms in total. The maximum absolute atomic E-state index is 11.2. The van der Waals surface area contributed by atoms with Crippen molar-refractivity contribution >= 4 is 15.4 Å². The average molecular weight is 223 g/mol. The number of phenols is 1. The monoisotopic (exact) mass is 223 g/mol. The van der Waals surface area contributed by atoms with Crippen molar-refractivity contribution in [2.45, 2.75) is 0 Å². The van der Waals surface area contributed by atoms with Gasteiger partial charge in [0.05, 0.1) is 11.1 Å². The summed E-state index contributed by atoms with van der Waals surface area (Å²) in [5, 5.41) is 11.2. The molecule has 1 aromatic rings. The van der Waals surface area contributed by atoms with E-state index in [4.69, 9.17) is 10.8 Å². The lowest BCUT2D eigenvalue weighted by Gasteiger charge is -2.02. The van der Waals surface area contributed by atoms with E-state index >= 15 is 0 Å². The van der Waals surface area contributed by atoms with Crippen LogP contribution in [0.5, 0.6) is 5.75 Å². The van der Waals surface area contributed by atoms with Gasteiger partial charge >= 0.3 is 0 Å². The fourth-order valence-corrected chi connectivity index (χ4v) is 2.53. The minimum atomic E-state index is -3.31. The first-order chi connectivity index (χ1) is 6.98. The SMILES string of the molecule is NC1=CS(=O)(=O)C=C1c1ccc(O)cc1. The van der Waals surface area contributed by atoms with Crippen LogP contribution in [0.15, 0.2) is 40.8 Å². The number of hydrogen-bond acceptors (Lipinski definition) is 4. The van der Waals surface area contributed by atoms with Gasteiger partial charge in [0, 0.05) is 11.0 Å². The molecule has 2 rings (SSSR count). The van der Waals surface area contributed by atoms with Gasteiger partial charge in [0.25, 0.3) is 0 Å². The van der Waals surface area contributed by atoms with Gasteiger partial charge in [0.15, 0.2) is 9.84 Å². The Balaban J connectivity index is 2.51. The van der Waals surface area contributed by atoms with E-state index < -0.39 is 9.84 Å². The Kier molecular flexibility index (Phi) is 2.04. The summed E-state index contributed by atoms with van der Waals surface area (Å²) in [4.78, 5) is 0. The predicted octanol–water partition coefficient (Wildman–Crippen LogP) is 0.962. The zero-order valence-corrected chi connectivity index (χ0v) is 8.53. The van der Waals surface area contributed by atoms with Crippen LogP contribution in [0.4, 0.5) is 0 Å². The Morgan fingerprint density at radius 2 is 1.67 bits per heavy atom. The molecule has 0 saturated heterocycles. The Bertz CT molecular complexity index is 553. The molecule has 0 fully saturated rings. The number of aromatic hydroxyl groups is 1. The highest BCUT2D eigenvalue weighted by molar-refractivity contribution is 7.97. The van der Waals surface area contributed by atoms with Crippen molar-refractivity contribution in [2.24, 2.45) is 5.73 Å². The molecule has 0 amide bonds. The fourth-order valence-electron chi connectivity index (χ4n) is 1.38. The molecular weight excluding hydrogens is 214 g/mol. The minimum Gasteiger partial charge on any atom is -0.508 e. The molecule has 3 N–H and O–H groups in total. The number of allylic oxidation sites excluding steroid dienone is 1. The van der Waals surface area contributed by atoms with Crippen molar-refractivity contribution in [3.05, 3.63) is 46.3 Å². The van der Waals surface area contributed by atoms with Crippen LogP contribution in [-0.4, -0.2) is 13.5 Å². The van der Waals surface area contributed by atoms with Gasteiger partial charge in [-0.15, -0.1) is 0 Å². The number of benzene rings is 1. The molecule has 0 aromatic heterocycles. The Morgan fingerprint density at radius 3 is 2.13 bits per heavy atom. The molecular formula is C10H9NO3S. The summed E-state index contributed by atoms with van der Waals surface area (Å²) in [7, 11) is -3.31. The van der Waals surface area contributed by atoms with Crippen LogP contribution in [0.25, 0.3) is 5.57 Å². The first-order valence-electron chi connectivity index (χ1n) is 4.22. The largest absolute Gasteiger partial charge is 0.508 e. The van der Waals surface area contributed by atoms with Gasteiger partial charge in [-0.25, -0.2) is 8.42 Å². The van der Waals surface area contributed by atoms with Crippen LogP contribution in [0, 0.1) is 0 Å². The van der Waals surface area contributed by atoms with Crippen LogP contribution < -0.4 is 5.73 Å². The van der Waals surface area contributed by atoms with Crippen molar-refractivity contribution < 1.29 is 13.5 Å². The highest BCUT2D eigenvalue weighted by Gasteiger charge is 2.18. The summed E-state index contributed by atoms with van der Waals surface area (Å²) in [6, 6.07) is 6.19. The maximum Gasteiger partial charge on any atom is 0.195 e. The van der Waals surface area contributed by atoms with E-state index in [2.05, 4.69) is 0 Å². The van der Waals surface area contributed by atoms with Gasteiger partial charge in [-0.05, 0) is 17.7 Å². The van der Waals surface area contributed by atoms with Crippen LogP contribution in [0.2, 0.25) is 0 Å². The molecule has 0 spiro atoms. The Labute approximate surface area is 87.3 Å². The van der Waals surface area contributed by atoms with Crippen molar-refractivity contribution in [3.63, 3.8) is 0 Å². The van der Waals surface area contributed by atoms with Crippen molar-refractivity contribution in [3.8, 4) is 5.75 Å². The zero-order chi connectivity index (χ0) is 11.1. The van der Waals surface area contributed by atoms with Gasteiger partial charge in [-0.3, -0.25) is 0 Å².